The second-order valence-electron chi connectivity index (χ2n) is 7.39. The van der Waals surface area contributed by atoms with Gasteiger partial charge in [-0.1, -0.05) is 48.5 Å². The van der Waals surface area contributed by atoms with E-state index < -0.39 is 0 Å². The van der Waals surface area contributed by atoms with Gasteiger partial charge in [0.25, 0.3) is 0 Å². The second kappa shape index (κ2) is 9.98. The first kappa shape index (κ1) is 20.7. The molecule has 30 heavy (non-hydrogen) atoms. The number of benzene rings is 2. The summed E-state index contributed by atoms with van der Waals surface area (Å²) in [4.78, 5) is 16.1. The number of halogens is 1. The molecule has 0 aliphatic carbocycles. The van der Waals surface area contributed by atoms with Gasteiger partial charge in [-0.3, -0.25) is 9.69 Å². The average Bonchev–Trinajstić information content (AvgIpc) is 3.31. The van der Waals surface area contributed by atoms with Crippen LogP contribution in [0.5, 0.6) is 0 Å². The molecule has 6 heteroatoms. The van der Waals surface area contributed by atoms with Crippen LogP contribution in [0.15, 0.2) is 72.1 Å². The van der Waals surface area contributed by atoms with E-state index >= 15 is 0 Å². The molecule has 1 saturated heterocycles. The van der Waals surface area contributed by atoms with Crippen molar-refractivity contribution >= 4 is 17.2 Å². The smallest absolute Gasteiger partial charge is 0.222 e. The zero-order valence-corrected chi connectivity index (χ0v) is 17.5. The summed E-state index contributed by atoms with van der Waals surface area (Å²) >= 11 is 1.64. The number of rotatable bonds is 7. The van der Waals surface area contributed by atoms with Gasteiger partial charge in [0.2, 0.25) is 5.91 Å². The van der Waals surface area contributed by atoms with Crippen LogP contribution in [-0.2, 0) is 9.53 Å². The number of ether oxygens (including phenoxy) is 1. The molecule has 1 aliphatic rings. The summed E-state index contributed by atoms with van der Waals surface area (Å²) in [5, 5.41) is 5.22. The zero-order valence-electron chi connectivity index (χ0n) is 16.7. The molecule has 156 valence electrons. The Morgan fingerprint density at radius 3 is 2.80 bits per heavy atom. The normalized spacial score (nSPS) is 18.1. The number of thiophene rings is 1. The molecular formula is C24H25FN2O2S. The van der Waals surface area contributed by atoms with Crippen molar-refractivity contribution in [2.24, 2.45) is 0 Å². The van der Waals surface area contributed by atoms with E-state index in [1.807, 2.05) is 53.9 Å². The predicted octanol–water partition coefficient (Wildman–Crippen LogP) is 4.56. The van der Waals surface area contributed by atoms with E-state index in [4.69, 9.17) is 4.74 Å². The summed E-state index contributed by atoms with van der Waals surface area (Å²) in [6, 6.07) is 20.5. The van der Waals surface area contributed by atoms with Gasteiger partial charge in [0.05, 0.1) is 18.8 Å². The Morgan fingerprint density at radius 2 is 2.03 bits per heavy atom. The van der Waals surface area contributed by atoms with Crippen LogP contribution in [0.25, 0.3) is 0 Å². The highest BCUT2D eigenvalue weighted by molar-refractivity contribution is 7.10. The maximum absolute atomic E-state index is 13.5. The molecule has 1 aromatic heterocycles. The number of nitrogens with zero attached hydrogens (tertiary/aromatic N) is 1. The van der Waals surface area contributed by atoms with Crippen molar-refractivity contribution in [2.75, 3.05) is 26.2 Å². The van der Waals surface area contributed by atoms with Crippen LogP contribution in [0.1, 0.15) is 34.6 Å². The fourth-order valence-corrected chi connectivity index (χ4v) is 4.53. The predicted molar refractivity (Wildman–Crippen MR) is 117 cm³/mol. The molecule has 2 unspecified atom stereocenters. The summed E-state index contributed by atoms with van der Waals surface area (Å²) < 4.78 is 19.3. The van der Waals surface area contributed by atoms with E-state index in [1.54, 1.807) is 17.4 Å². The Hall–Kier alpha value is -2.54. The molecule has 4 nitrogen and oxygen atoms in total. The molecule has 0 saturated carbocycles. The molecule has 0 radical (unpaired) electrons. The number of nitrogens with one attached hydrogen (secondary N) is 1. The van der Waals surface area contributed by atoms with Crippen molar-refractivity contribution in [3.8, 4) is 0 Å². The highest BCUT2D eigenvalue weighted by atomic mass is 32.1. The van der Waals surface area contributed by atoms with E-state index in [0.717, 1.165) is 22.5 Å². The largest absolute Gasteiger partial charge is 0.371 e. The molecule has 1 fully saturated rings. The third-order valence-corrected chi connectivity index (χ3v) is 6.23. The fraction of sp³-hybridized carbons (Fsp3) is 0.292. The lowest BCUT2D eigenvalue weighted by atomic mass is 10.1. The van der Waals surface area contributed by atoms with Crippen molar-refractivity contribution in [3.05, 3.63) is 93.9 Å². The van der Waals surface area contributed by atoms with Crippen LogP contribution < -0.4 is 5.32 Å². The molecule has 2 heterocycles. The van der Waals surface area contributed by atoms with Crippen molar-refractivity contribution in [1.82, 2.24) is 10.2 Å². The van der Waals surface area contributed by atoms with Gasteiger partial charge < -0.3 is 10.1 Å². The first-order valence-corrected chi connectivity index (χ1v) is 11.0. The molecule has 1 aliphatic heterocycles. The fourth-order valence-electron chi connectivity index (χ4n) is 3.73. The van der Waals surface area contributed by atoms with Crippen molar-refractivity contribution in [2.45, 2.75) is 18.6 Å². The summed E-state index contributed by atoms with van der Waals surface area (Å²) in [7, 11) is 0. The van der Waals surface area contributed by atoms with E-state index in [1.165, 1.54) is 12.1 Å². The van der Waals surface area contributed by atoms with Crippen LogP contribution >= 0.6 is 11.3 Å². The summed E-state index contributed by atoms with van der Waals surface area (Å²) in [5.74, 6) is -0.237. The third kappa shape index (κ3) is 5.33. The lowest BCUT2D eigenvalue weighted by molar-refractivity contribution is -0.122. The molecule has 0 bridgehead atoms. The Labute approximate surface area is 180 Å². The maximum Gasteiger partial charge on any atom is 0.222 e. The SMILES string of the molecule is O=C(CCN1CCOC(c2cccc(F)c2)C1)NC(c1ccccc1)c1cccs1. The highest BCUT2D eigenvalue weighted by Gasteiger charge is 2.23. The quantitative estimate of drug-likeness (QED) is 0.605. The van der Waals surface area contributed by atoms with E-state index in [9.17, 15) is 9.18 Å². The van der Waals surface area contributed by atoms with Crippen LogP contribution in [0, 0.1) is 5.82 Å². The van der Waals surface area contributed by atoms with Crippen LogP contribution in [0.2, 0.25) is 0 Å². The van der Waals surface area contributed by atoms with Crippen molar-refractivity contribution in [3.63, 3.8) is 0 Å². The number of morpholine rings is 1. The first-order chi connectivity index (χ1) is 14.7. The minimum atomic E-state index is -0.256. The molecule has 4 rings (SSSR count). The van der Waals surface area contributed by atoms with Crippen molar-refractivity contribution in [1.29, 1.82) is 0 Å². The lowest BCUT2D eigenvalue weighted by Crippen LogP contribution is -2.40. The number of amides is 1. The van der Waals surface area contributed by atoms with Gasteiger partial charge in [0, 0.05) is 30.9 Å². The van der Waals surface area contributed by atoms with E-state index in [2.05, 4.69) is 10.2 Å². The van der Waals surface area contributed by atoms with Crippen molar-refractivity contribution < 1.29 is 13.9 Å². The van der Waals surface area contributed by atoms with Gasteiger partial charge in [-0.05, 0) is 34.7 Å². The topological polar surface area (TPSA) is 41.6 Å². The summed E-state index contributed by atoms with van der Waals surface area (Å²) in [6.07, 6.45) is 0.241. The van der Waals surface area contributed by atoms with E-state index in [0.29, 0.717) is 26.1 Å². The standard InChI is InChI=1S/C24H25FN2O2S/c25-20-9-4-8-19(16-20)21-17-27(13-14-29-21)12-11-23(28)26-24(22-10-5-15-30-22)18-6-2-1-3-7-18/h1-10,15-16,21,24H,11-14,17H2,(H,26,28). The third-order valence-electron chi connectivity index (χ3n) is 5.29. The zero-order chi connectivity index (χ0) is 20.8. The van der Waals surface area contributed by atoms with Gasteiger partial charge in [-0.2, -0.15) is 0 Å². The van der Waals surface area contributed by atoms with Crippen LogP contribution in [0.3, 0.4) is 0 Å². The monoisotopic (exact) mass is 424 g/mol. The van der Waals surface area contributed by atoms with Crippen LogP contribution in [-0.4, -0.2) is 37.0 Å². The molecule has 3 aromatic rings. The number of hydrogen-bond donors (Lipinski definition) is 1. The minimum Gasteiger partial charge on any atom is -0.371 e. The minimum absolute atomic E-state index is 0.0195. The molecule has 1 amide bonds. The summed E-state index contributed by atoms with van der Waals surface area (Å²) in [6.45, 7) is 2.65. The number of hydrogen-bond acceptors (Lipinski definition) is 4. The molecule has 1 N–H and O–H groups in total. The average molecular weight is 425 g/mol. The number of carbonyl (C=O) groups excluding carboxylic acids is 1. The number of carbonyl (C=O) groups is 1. The highest BCUT2D eigenvalue weighted by Crippen LogP contribution is 2.26. The van der Waals surface area contributed by atoms with Gasteiger partial charge >= 0.3 is 0 Å². The Balaban J connectivity index is 1.34. The Kier molecular flexibility index (Phi) is 6.89. The Bertz CT molecular complexity index is 949. The van der Waals surface area contributed by atoms with Gasteiger partial charge in [-0.15, -0.1) is 11.3 Å². The van der Waals surface area contributed by atoms with Gasteiger partial charge in [0.1, 0.15) is 5.82 Å². The first-order valence-electron chi connectivity index (χ1n) is 10.2. The maximum atomic E-state index is 13.5. The lowest BCUT2D eigenvalue weighted by Gasteiger charge is -2.33. The molecular weight excluding hydrogens is 399 g/mol. The molecule has 2 atom stereocenters. The van der Waals surface area contributed by atoms with E-state index in [-0.39, 0.29) is 23.9 Å². The summed E-state index contributed by atoms with van der Waals surface area (Å²) in [5.41, 5.74) is 1.91. The second-order valence-corrected chi connectivity index (χ2v) is 8.37. The van der Waals surface area contributed by atoms with Gasteiger partial charge in [-0.25, -0.2) is 4.39 Å². The molecule has 0 spiro atoms. The van der Waals surface area contributed by atoms with Gasteiger partial charge in [0.15, 0.2) is 0 Å². The Morgan fingerprint density at radius 1 is 1.17 bits per heavy atom. The molecule has 2 aromatic carbocycles. The van der Waals surface area contributed by atoms with Crippen LogP contribution in [0.4, 0.5) is 4.39 Å².